The molecule has 7 heteroatoms. The minimum absolute atomic E-state index is 0.320. The molecule has 1 N–H and O–H groups in total. The number of nitrogens with one attached hydrogen (secondary N) is 1. The third kappa shape index (κ3) is 2.84. The van der Waals surface area contributed by atoms with Crippen LogP contribution in [-0.2, 0) is 0 Å². The summed E-state index contributed by atoms with van der Waals surface area (Å²) >= 11 is 0. The number of hydrogen-bond acceptors (Lipinski definition) is 5. The van der Waals surface area contributed by atoms with Crippen molar-refractivity contribution in [1.29, 1.82) is 0 Å². The van der Waals surface area contributed by atoms with E-state index in [1.807, 2.05) is 34.6 Å². The third-order valence-corrected chi connectivity index (χ3v) is 5.13. The van der Waals surface area contributed by atoms with Gasteiger partial charge in [-0.3, -0.25) is 0 Å². The van der Waals surface area contributed by atoms with Crippen LogP contribution >= 0.6 is 0 Å². The van der Waals surface area contributed by atoms with Crippen molar-refractivity contribution in [3.63, 3.8) is 0 Å². The molecule has 0 radical (unpaired) electrons. The zero-order valence-corrected chi connectivity index (χ0v) is 15.4. The summed E-state index contributed by atoms with van der Waals surface area (Å²) in [6.45, 7) is 5.01. The number of rotatable bonds is 2. The van der Waals surface area contributed by atoms with Crippen molar-refractivity contribution >= 4 is 22.3 Å². The molecule has 5 rings (SSSR count). The van der Waals surface area contributed by atoms with Crippen molar-refractivity contribution in [3.8, 4) is 11.3 Å². The first kappa shape index (κ1) is 16.9. The quantitative estimate of drug-likeness (QED) is 0.544. The number of nitrogens with zero attached hydrogens (tertiary/aromatic N) is 3. The van der Waals surface area contributed by atoms with Gasteiger partial charge in [0.1, 0.15) is 17.0 Å². The van der Waals surface area contributed by atoms with Crippen LogP contribution in [0, 0.1) is 12.7 Å². The van der Waals surface area contributed by atoms with Gasteiger partial charge in [0.15, 0.2) is 0 Å². The highest BCUT2D eigenvalue weighted by Gasteiger charge is 2.18. The zero-order chi connectivity index (χ0) is 19.3. The van der Waals surface area contributed by atoms with Gasteiger partial charge < -0.3 is 19.0 Å². The van der Waals surface area contributed by atoms with Gasteiger partial charge in [0.05, 0.1) is 16.9 Å². The topological polar surface area (TPSA) is 62.8 Å². The van der Waals surface area contributed by atoms with Gasteiger partial charge in [-0.1, -0.05) is 6.07 Å². The van der Waals surface area contributed by atoms with E-state index in [1.54, 1.807) is 18.3 Å². The Hall–Kier alpha value is -3.19. The van der Waals surface area contributed by atoms with E-state index in [0.29, 0.717) is 41.0 Å². The molecule has 1 aliphatic heterocycles. The van der Waals surface area contributed by atoms with Crippen molar-refractivity contribution < 1.29 is 8.81 Å². The van der Waals surface area contributed by atoms with E-state index in [2.05, 4.69) is 10.3 Å². The van der Waals surface area contributed by atoms with Crippen LogP contribution in [0.4, 0.5) is 10.1 Å². The fraction of sp³-hybridized carbons (Fsp3) is 0.238. The monoisotopic (exact) mass is 378 g/mol. The number of hydrogen-bond donors (Lipinski definition) is 1. The lowest BCUT2D eigenvalue weighted by Gasteiger charge is -2.29. The van der Waals surface area contributed by atoms with Gasteiger partial charge in [-0.2, -0.15) is 0 Å². The Labute approximate surface area is 160 Å². The van der Waals surface area contributed by atoms with E-state index in [0.717, 1.165) is 24.3 Å². The second-order valence-electron chi connectivity index (χ2n) is 7.12. The van der Waals surface area contributed by atoms with Gasteiger partial charge in [-0.05, 0) is 30.7 Å². The molecule has 0 unspecified atom stereocenters. The molecule has 0 bridgehead atoms. The molecule has 0 atom stereocenters. The molecule has 6 nitrogen and oxygen atoms in total. The van der Waals surface area contributed by atoms with E-state index < -0.39 is 5.63 Å². The lowest BCUT2D eigenvalue weighted by Crippen LogP contribution is -2.43. The summed E-state index contributed by atoms with van der Waals surface area (Å²) in [5.41, 5.74) is 3.02. The highest BCUT2D eigenvalue weighted by molar-refractivity contribution is 5.84. The maximum Gasteiger partial charge on any atom is 0.345 e. The number of anilines is 1. The minimum Gasteiger partial charge on any atom is -0.422 e. The molecule has 142 valence electrons. The van der Waals surface area contributed by atoms with Gasteiger partial charge in [0.25, 0.3) is 0 Å². The third-order valence-electron chi connectivity index (χ3n) is 5.13. The van der Waals surface area contributed by atoms with E-state index in [9.17, 15) is 9.18 Å². The lowest BCUT2D eigenvalue weighted by molar-refractivity contribution is 0.552. The molecule has 1 aliphatic rings. The summed E-state index contributed by atoms with van der Waals surface area (Å²) in [4.78, 5) is 19.1. The van der Waals surface area contributed by atoms with Crippen LogP contribution in [-0.4, -0.2) is 35.6 Å². The Morgan fingerprint density at radius 3 is 2.79 bits per heavy atom. The maximum absolute atomic E-state index is 14.7. The van der Waals surface area contributed by atoms with Crippen molar-refractivity contribution in [2.75, 3.05) is 31.1 Å². The van der Waals surface area contributed by atoms with Crippen LogP contribution < -0.4 is 15.8 Å². The maximum atomic E-state index is 14.7. The summed E-state index contributed by atoms with van der Waals surface area (Å²) in [6.07, 6.45) is 3.72. The molecule has 1 fully saturated rings. The number of aryl methyl sites for hydroxylation is 1. The van der Waals surface area contributed by atoms with Gasteiger partial charge >= 0.3 is 5.63 Å². The number of piperazine rings is 1. The number of aromatic nitrogens is 2. The first-order valence-corrected chi connectivity index (χ1v) is 9.27. The fourth-order valence-electron chi connectivity index (χ4n) is 3.69. The molecule has 0 spiro atoms. The largest absolute Gasteiger partial charge is 0.422 e. The van der Waals surface area contributed by atoms with Crippen LogP contribution in [0.2, 0.25) is 0 Å². The van der Waals surface area contributed by atoms with Gasteiger partial charge in [-0.15, -0.1) is 0 Å². The first-order chi connectivity index (χ1) is 13.6. The average Bonchev–Trinajstić information content (AvgIpc) is 3.11. The molecule has 0 saturated carbocycles. The van der Waals surface area contributed by atoms with Crippen molar-refractivity contribution in [1.82, 2.24) is 14.7 Å². The molecule has 28 heavy (non-hydrogen) atoms. The van der Waals surface area contributed by atoms with Crippen LogP contribution in [0.25, 0.3) is 27.9 Å². The van der Waals surface area contributed by atoms with Crippen molar-refractivity contribution in [3.05, 3.63) is 64.5 Å². The van der Waals surface area contributed by atoms with E-state index in [1.165, 1.54) is 6.07 Å². The summed E-state index contributed by atoms with van der Waals surface area (Å²) in [6, 6.07) is 8.55. The Balaban J connectivity index is 1.62. The first-order valence-electron chi connectivity index (χ1n) is 9.27. The highest BCUT2D eigenvalue weighted by atomic mass is 19.1. The molecule has 1 aromatic carbocycles. The van der Waals surface area contributed by atoms with E-state index in [-0.39, 0.29) is 5.82 Å². The minimum atomic E-state index is -0.481. The van der Waals surface area contributed by atoms with Crippen LogP contribution in [0.3, 0.4) is 0 Å². The summed E-state index contributed by atoms with van der Waals surface area (Å²) in [5, 5.41) is 3.78. The zero-order valence-electron chi connectivity index (χ0n) is 15.4. The highest BCUT2D eigenvalue weighted by Crippen LogP contribution is 2.28. The summed E-state index contributed by atoms with van der Waals surface area (Å²) < 4.78 is 22.2. The molecule has 4 heterocycles. The van der Waals surface area contributed by atoms with Gasteiger partial charge in [0.2, 0.25) is 0 Å². The number of benzene rings is 1. The predicted molar refractivity (Wildman–Crippen MR) is 106 cm³/mol. The predicted octanol–water partition coefficient (Wildman–Crippen LogP) is 2.96. The number of halogens is 1. The second-order valence-corrected chi connectivity index (χ2v) is 7.12. The molecule has 0 amide bonds. The summed E-state index contributed by atoms with van der Waals surface area (Å²) in [7, 11) is 0. The van der Waals surface area contributed by atoms with E-state index >= 15 is 0 Å². The Morgan fingerprint density at radius 2 is 1.96 bits per heavy atom. The van der Waals surface area contributed by atoms with Gasteiger partial charge in [0, 0.05) is 50.0 Å². The molecular formula is C21H19FN4O2. The van der Waals surface area contributed by atoms with Gasteiger partial charge in [-0.25, -0.2) is 14.2 Å². The number of fused-ring (bicyclic) bond motifs is 2. The average molecular weight is 378 g/mol. The Kier molecular flexibility index (Phi) is 3.91. The fourth-order valence-corrected chi connectivity index (χ4v) is 3.69. The Bertz CT molecular complexity index is 1250. The second kappa shape index (κ2) is 6.45. The molecule has 4 aromatic rings. The van der Waals surface area contributed by atoms with Crippen LogP contribution in [0.1, 0.15) is 5.56 Å². The van der Waals surface area contributed by atoms with Crippen LogP contribution in [0.5, 0.6) is 0 Å². The molecular weight excluding hydrogens is 359 g/mol. The van der Waals surface area contributed by atoms with Crippen LogP contribution in [0.15, 0.2) is 51.9 Å². The SMILES string of the molecule is Cc1ccc2nc(-c3cc4cc(F)c(N5CCNCC5)cc4oc3=O)cn2c1. The standard InChI is InChI=1S/C21H19FN4O2/c1-13-2-3-20-24-17(12-26(20)11-13)15-8-14-9-16(22)18(10-19(14)28-21(15)27)25-6-4-23-5-7-25/h2-3,8-12,23H,4-7H2,1H3. The summed E-state index contributed by atoms with van der Waals surface area (Å²) in [5.74, 6) is -0.320. The molecule has 0 aliphatic carbocycles. The van der Waals surface area contributed by atoms with E-state index in [4.69, 9.17) is 4.42 Å². The number of imidazole rings is 1. The smallest absolute Gasteiger partial charge is 0.345 e. The normalized spacial score (nSPS) is 14.9. The van der Waals surface area contributed by atoms with Crippen molar-refractivity contribution in [2.45, 2.75) is 6.92 Å². The number of pyridine rings is 1. The Morgan fingerprint density at radius 1 is 1.14 bits per heavy atom. The molecule has 3 aromatic heterocycles. The lowest BCUT2D eigenvalue weighted by atomic mass is 10.1. The van der Waals surface area contributed by atoms with Crippen molar-refractivity contribution in [2.24, 2.45) is 0 Å². The molecule has 1 saturated heterocycles.